The van der Waals surface area contributed by atoms with Gasteiger partial charge in [0.05, 0.1) is 5.69 Å². The molecule has 0 aliphatic heterocycles. The highest BCUT2D eigenvalue weighted by Crippen LogP contribution is 2.17. The number of H-pyrrole nitrogens is 1. The number of carbonyl (C=O) groups excluding carboxylic acids is 2. The smallest absolute Gasteiger partial charge is 0.355 e. The number of pyridine rings is 1. The fourth-order valence-electron chi connectivity index (χ4n) is 1.36. The van der Waals surface area contributed by atoms with Gasteiger partial charge in [-0.25, -0.2) is 9.78 Å². The minimum atomic E-state index is -0.622. The average Bonchev–Trinajstić information content (AvgIpc) is 2.85. The third kappa shape index (κ3) is 3.82. The highest BCUT2D eigenvalue weighted by atomic mass is 79.9. The normalized spacial score (nSPS) is 10.1. The molecule has 2 aromatic rings. The lowest BCUT2D eigenvalue weighted by atomic mass is 10.4. The Balaban J connectivity index is 1.87. The minimum absolute atomic E-state index is 0.167. The Kier molecular flexibility index (Phi) is 4.75. The number of amides is 1. The molecule has 104 valence electrons. The first-order chi connectivity index (χ1) is 9.56. The molecule has 0 aromatic carbocycles. The van der Waals surface area contributed by atoms with E-state index >= 15 is 0 Å². The van der Waals surface area contributed by atoms with Crippen LogP contribution in [0.25, 0.3) is 0 Å². The molecule has 0 spiro atoms. The maximum atomic E-state index is 11.6. The Morgan fingerprint density at radius 1 is 1.50 bits per heavy atom. The first kappa shape index (κ1) is 14.5. The molecule has 0 aliphatic rings. The van der Waals surface area contributed by atoms with Gasteiger partial charge < -0.3 is 15.0 Å². The lowest BCUT2D eigenvalue weighted by molar-refractivity contribution is -0.119. The molecule has 1 amide bonds. The molecule has 8 heteroatoms. The summed E-state index contributed by atoms with van der Waals surface area (Å²) in [5.74, 6) is -1.12. The van der Waals surface area contributed by atoms with Gasteiger partial charge in [-0.1, -0.05) is 11.6 Å². The SMILES string of the molecule is O=C(COC(=O)c1cc(Br)c[nH]1)Nc1cccnc1Cl. The van der Waals surface area contributed by atoms with Crippen LogP contribution in [0.5, 0.6) is 0 Å². The van der Waals surface area contributed by atoms with E-state index < -0.39 is 18.5 Å². The maximum absolute atomic E-state index is 11.6. The molecule has 0 saturated carbocycles. The lowest BCUT2D eigenvalue weighted by Gasteiger charge is -2.06. The monoisotopic (exact) mass is 357 g/mol. The van der Waals surface area contributed by atoms with Crippen LogP contribution >= 0.6 is 27.5 Å². The lowest BCUT2D eigenvalue weighted by Crippen LogP contribution is -2.21. The van der Waals surface area contributed by atoms with E-state index in [1.165, 1.54) is 6.20 Å². The van der Waals surface area contributed by atoms with Crippen molar-refractivity contribution in [3.8, 4) is 0 Å². The molecule has 2 N–H and O–H groups in total. The number of anilines is 1. The second kappa shape index (κ2) is 6.53. The van der Waals surface area contributed by atoms with Gasteiger partial charge in [-0.3, -0.25) is 4.79 Å². The number of carbonyl (C=O) groups is 2. The number of aromatic nitrogens is 2. The van der Waals surface area contributed by atoms with Gasteiger partial charge in [0.25, 0.3) is 5.91 Å². The van der Waals surface area contributed by atoms with Gasteiger partial charge in [-0.2, -0.15) is 0 Å². The fourth-order valence-corrected chi connectivity index (χ4v) is 1.87. The summed E-state index contributed by atoms with van der Waals surface area (Å²) < 4.78 is 5.57. The van der Waals surface area contributed by atoms with Gasteiger partial charge in [0.15, 0.2) is 11.8 Å². The van der Waals surface area contributed by atoms with E-state index in [2.05, 4.69) is 31.2 Å². The Morgan fingerprint density at radius 3 is 2.95 bits per heavy atom. The maximum Gasteiger partial charge on any atom is 0.355 e. The molecule has 2 heterocycles. The number of esters is 1. The predicted molar refractivity (Wildman–Crippen MR) is 76.7 cm³/mol. The van der Waals surface area contributed by atoms with Crippen LogP contribution < -0.4 is 5.32 Å². The average molecular weight is 359 g/mol. The first-order valence-electron chi connectivity index (χ1n) is 5.47. The van der Waals surface area contributed by atoms with Crippen LogP contribution in [0.1, 0.15) is 10.5 Å². The van der Waals surface area contributed by atoms with Gasteiger partial charge in [0, 0.05) is 16.9 Å². The second-order valence-corrected chi connectivity index (χ2v) is 4.97. The molecule has 0 unspecified atom stereocenters. The Morgan fingerprint density at radius 2 is 2.30 bits per heavy atom. The van der Waals surface area contributed by atoms with Crippen molar-refractivity contribution >= 4 is 45.1 Å². The third-order valence-electron chi connectivity index (χ3n) is 2.24. The van der Waals surface area contributed by atoms with Gasteiger partial charge in [0.1, 0.15) is 5.69 Å². The van der Waals surface area contributed by atoms with Crippen LogP contribution in [0.2, 0.25) is 5.15 Å². The number of halogens is 2. The van der Waals surface area contributed by atoms with Crippen molar-refractivity contribution in [1.29, 1.82) is 0 Å². The van der Waals surface area contributed by atoms with Crippen molar-refractivity contribution in [2.45, 2.75) is 0 Å². The zero-order valence-corrected chi connectivity index (χ0v) is 12.4. The molecule has 20 heavy (non-hydrogen) atoms. The molecular formula is C12H9BrClN3O3. The van der Waals surface area contributed by atoms with Gasteiger partial charge in [0.2, 0.25) is 0 Å². The zero-order valence-electron chi connectivity index (χ0n) is 10.0. The van der Waals surface area contributed by atoms with Gasteiger partial charge in [-0.15, -0.1) is 0 Å². The molecule has 0 bridgehead atoms. The predicted octanol–water partition coefficient (Wildman–Crippen LogP) is 2.62. The van der Waals surface area contributed by atoms with Crippen molar-refractivity contribution in [3.63, 3.8) is 0 Å². The number of nitrogens with one attached hydrogen (secondary N) is 2. The number of aromatic amines is 1. The number of ether oxygens (including phenoxy) is 1. The van der Waals surface area contributed by atoms with Crippen molar-refractivity contribution < 1.29 is 14.3 Å². The van der Waals surface area contributed by atoms with Crippen molar-refractivity contribution in [1.82, 2.24) is 9.97 Å². The quantitative estimate of drug-likeness (QED) is 0.650. The summed E-state index contributed by atoms with van der Waals surface area (Å²) in [6.07, 6.45) is 3.09. The molecule has 0 radical (unpaired) electrons. The summed E-state index contributed by atoms with van der Waals surface area (Å²) in [4.78, 5) is 29.7. The Hall–Kier alpha value is -1.86. The molecule has 6 nitrogen and oxygen atoms in total. The number of nitrogens with zero attached hydrogens (tertiary/aromatic N) is 1. The van der Waals surface area contributed by atoms with Crippen molar-refractivity contribution in [2.75, 3.05) is 11.9 Å². The summed E-state index contributed by atoms with van der Waals surface area (Å²) in [5.41, 5.74) is 0.613. The van der Waals surface area contributed by atoms with E-state index in [4.69, 9.17) is 16.3 Å². The first-order valence-corrected chi connectivity index (χ1v) is 6.65. The summed E-state index contributed by atoms with van der Waals surface area (Å²) in [6.45, 7) is -0.416. The van der Waals surface area contributed by atoms with Crippen LogP contribution in [-0.4, -0.2) is 28.5 Å². The van der Waals surface area contributed by atoms with Crippen LogP contribution in [0.4, 0.5) is 5.69 Å². The Bertz CT molecular complexity index is 644. The molecule has 0 saturated heterocycles. The third-order valence-corrected chi connectivity index (χ3v) is 2.99. The highest BCUT2D eigenvalue weighted by Gasteiger charge is 2.12. The molecule has 0 aliphatic carbocycles. The summed E-state index contributed by atoms with van der Waals surface area (Å²) in [7, 11) is 0. The van der Waals surface area contributed by atoms with E-state index in [1.54, 1.807) is 24.4 Å². The summed E-state index contributed by atoms with van der Waals surface area (Å²) >= 11 is 8.98. The largest absolute Gasteiger partial charge is 0.451 e. The van der Waals surface area contributed by atoms with Crippen LogP contribution in [-0.2, 0) is 9.53 Å². The second-order valence-electron chi connectivity index (χ2n) is 3.70. The minimum Gasteiger partial charge on any atom is -0.451 e. The molecule has 2 rings (SSSR count). The van der Waals surface area contributed by atoms with E-state index in [-0.39, 0.29) is 10.8 Å². The molecule has 2 aromatic heterocycles. The highest BCUT2D eigenvalue weighted by molar-refractivity contribution is 9.10. The van der Waals surface area contributed by atoms with Gasteiger partial charge >= 0.3 is 5.97 Å². The van der Waals surface area contributed by atoms with Crippen molar-refractivity contribution in [3.05, 3.63) is 45.9 Å². The topological polar surface area (TPSA) is 84.1 Å². The number of hydrogen-bond acceptors (Lipinski definition) is 4. The zero-order chi connectivity index (χ0) is 14.5. The van der Waals surface area contributed by atoms with Gasteiger partial charge in [-0.05, 0) is 34.1 Å². The summed E-state index contributed by atoms with van der Waals surface area (Å²) in [6, 6.07) is 4.78. The van der Waals surface area contributed by atoms with Crippen LogP contribution in [0, 0.1) is 0 Å². The van der Waals surface area contributed by atoms with E-state index in [0.29, 0.717) is 5.69 Å². The number of rotatable bonds is 4. The fraction of sp³-hybridized carbons (Fsp3) is 0.0833. The van der Waals surface area contributed by atoms with E-state index in [1.807, 2.05) is 0 Å². The van der Waals surface area contributed by atoms with Crippen LogP contribution in [0.3, 0.4) is 0 Å². The Labute approximate surface area is 127 Å². The van der Waals surface area contributed by atoms with Crippen molar-refractivity contribution in [2.24, 2.45) is 0 Å². The van der Waals surface area contributed by atoms with E-state index in [9.17, 15) is 9.59 Å². The number of hydrogen-bond donors (Lipinski definition) is 2. The molecule has 0 atom stereocenters. The van der Waals surface area contributed by atoms with E-state index in [0.717, 1.165) is 4.47 Å². The molecular weight excluding hydrogens is 350 g/mol. The summed E-state index contributed by atoms with van der Waals surface area (Å²) in [5, 5.41) is 2.66. The van der Waals surface area contributed by atoms with Crippen LogP contribution in [0.15, 0.2) is 35.1 Å². The standard InChI is InChI=1S/C12H9BrClN3O3/c13-7-4-9(16-5-7)12(19)20-6-10(18)17-8-2-1-3-15-11(8)14/h1-5,16H,6H2,(H,17,18). The molecule has 0 fully saturated rings.